The van der Waals surface area contributed by atoms with Gasteiger partial charge < -0.3 is 5.11 Å². The Hall–Kier alpha value is -1.27. The van der Waals surface area contributed by atoms with E-state index < -0.39 is 15.6 Å². The first-order valence-corrected chi connectivity index (χ1v) is 6.40. The lowest BCUT2D eigenvalue weighted by molar-refractivity contribution is -0.384. The average molecular weight is 290 g/mol. The van der Waals surface area contributed by atoms with Gasteiger partial charge in [-0.3, -0.25) is 14.9 Å². The minimum atomic E-state index is -0.925. The predicted octanol–water partition coefficient (Wildman–Crippen LogP) is 3.34. The molecule has 1 aromatic carbocycles. The van der Waals surface area contributed by atoms with E-state index in [9.17, 15) is 14.9 Å². The molecule has 0 unspecified atom stereocenters. The quantitative estimate of drug-likeness (QED) is 0.664. The summed E-state index contributed by atoms with van der Waals surface area (Å²) in [6, 6.07) is 4.17. The molecular weight excluding hydrogens is 278 g/mol. The molecule has 18 heavy (non-hydrogen) atoms. The summed E-state index contributed by atoms with van der Waals surface area (Å²) in [5.41, 5.74) is 0.604. The van der Waals surface area contributed by atoms with Crippen molar-refractivity contribution in [1.29, 1.82) is 0 Å². The van der Waals surface area contributed by atoms with Crippen molar-refractivity contribution in [2.24, 2.45) is 0 Å². The van der Waals surface area contributed by atoms with Crippen LogP contribution in [0.3, 0.4) is 0 Å². The molecule has 98 valence electrons. The van der Waals surface area contributed by atoms with Crippen LogP contribution in [0, 0.1) is 10.1 Å². The number of carboxylic acids is 1. The highest BCUT2D eigenvalue weighted by Crippen LogP contribution is 2.32. The molecule has 0 spiro atoms. The van der Waals surface area contributed by atoms with Crippen LogP contribution in [0.4, 0.5) is 5.69 Å². The lowest BCUT2D eigenvalue weighted by Crippen LogP contribution is -2.27. The Kier molecular flexibility index (Phi) is 4.59. The van der Waals surface area contributed by atoms with Gasteiger partial charge in [0.05, 0.1) is 9.95 Å². The number of rotatable bonds is 5. The number of hydrogen-bond donors (Lipinski definition) is 1. The Bertz CT molecular complexity index is 490. The maximum Gasteiger partial charge on any atom is 0.319 e. The highest BCUT2D eigenvalue weighted by atomic mass is 35.5. The van der Waals surface area contributed by atoms with Crippen LogP contribution < -0.4 is 0 Å². The maximum absolute atomic E-state index is 10.9. The molecular formula is C11H12ClNO4S. The van der Waals surface area contributed by atoms with Crippen molar-refractivity contribution in [3.63, 3.8) is 0 Å². The largest absolute Gasteiger partial charge is 0.480 e. The molecule has 1 rings (SSSR count). The van der Waals surface area contributed by atoms with Crippen molar-refractivity contribution in [3.8, 4) is 0 Å². The number of non-ortho nitro benzene ring substituents is 1. The zero-order valence-corrected chi connectivity index (χ0v) is 11.4. The molecule has 0 amide bonds. The summed E-state index contributed by atoms with van der Waals surface area (Å²) in [5.74, 6) is -0.526. The zero-order chi connectivity index (χ0) is 13.9. The van der Waals surface area contributed by atoms with Gasteiger partial charge in [0.15, 0.2) is 0 Å². The SMILES string of the molecule is CC(C)(SCc1ccc([N+](=O)[O-])cc1Cl)C(=O)O. The number of halogens is 1. The normalized spacial score (nSPS) is 11.3. The van der Waals surface area contributed by atoms with Crippen LogP contribution in [0.2, 0.25) is 5.02 Å². The van der Waals surface area contributed by atoms with E-state index in [0.717, 1.165) is 0 Å². The van der Waals surface area contributed by atoms with Crippen LogP contribution in [-0.4, -0.2) is 20.7 Å². The third-order valence-electron chi connectivity index (χ3n) is 2.35. The van der Waals surface area contributed by atoms with E-state index >= 15 is 0 Å². The number of aliphatic carboxylic acids is 1. The highest BCUT2D eigenvalue weighted by molar-refractivity contribution is 8.00. The first-order chi connectivity index (χ1) is 8.24. The molecule has 0 aliphatic rings. The van der Waals surface area contributed by atoms with Crippen molar-refractivity contribution in [2.75, 3.05) is 0 Å². The van der Waals surface area contributed by atoms with Crippen LogP contribution in [-0.2, 0) is 10.5 Å². The van der Waals surface area contributed by atoms with Gasteiger partial charge in [0, 0.05) is 17.9 Å². The van der Waals surface area contributed by atoms with Crippen LogP contribution >= 0.6 is 23.4 Å². The number of nitrogens with zero attached hydrogens (tertiary/aromatic N) is 1. The summed E-state index contributed by atoms with van der Waals surface area (Å²) in [7, 11) is 0. The van der Waals surface area contributed by atoms with Gasteiger partial charge in [-0.05, 0) is 25.5 Å². The van der Waals surface area contributed by atoms with Gasteiger partial charge in [0.25, 0.3) is 5.69 Å². The monoisotopic (exact) mass is 289 g/mol. The third-order valence-corrected chi connectivity index (χ3v) is 4.05. The van der Waals surface area contributed by atoms with Crippen molar-refractivity contribution in [2.45, 2.75) is 24.3 Å². The van der Waals surface area contributed by atoms with Crippen molar-refractivity contribution in [1.82, 2.24) is 0 Å². The topological polar surface area (TPSA) is 80.4 Å². The van der Waals surface area contributed by atoms with Gasteiger partial charge >= 0.3 is 5.97 Å². The van der Waals surface area contributed by atoms with Crippen molar-refractivity contribution >= 4 is 35.0 Å². The number of benzene rings is 1. The summed E-state index contributed by atoms with van der Waals surface area (Å²) >= 11 is 7.13. The average Bonchev–Trinajstić information content (AvgIpc) is 2.26. The van der Waals surface area contributed by atoms with Crippen LogP contribution in [0.5, 0.6) is 0 Å². The Labute approximate surface area is 113 Å². The van der Waals surface area contributed by atoms with Gasteiger partial charge in [0.2, 0.25) is 0 Å². The second-order valence-electron chi connectivity index (χ2n) is 4.14. The van der Waals surface area contributed by atoms with E-state index in [-0.39, 0.29) is 10.7 Å². The van der Waals surface area contributed by atoms with Crippen LogP contribution in [0.15, 0.2) is 18.2 Å². The third kappa shape index (κ3) is 3.61. The van der Waals surface area contributed by atoms with Crippen molar-refractivity contribution in [3.05, 3.63) is 38.9 Å². The minimum absolute atomic E-state index is 0.0776. The van der Waals surface area contributed by atoms with E-state index in [1.54, 1.807) is 19.9 Å². The van der Waals surface area contributed by atoms with Crippen LogP contribution in [0.25, 0.3) is 0 Å². The molecule has 1 aromatic rings. The fourth-order valence-corrected chi connectivity index (χ4v) is 2.30. The first-order valence-electron chi connectivity index (χ1n) is 5.04. The Morgan fingerprint density at radius 3 is 2.61 bits per heavy atom. The fraction of sp³-hybridized carbons (Fsp3) is 0.364. The molecule has 5 nitrogen and oxygen atoms in total. The summed E-state index contributed by atoms with van der Waals surface area (Å²) in [6.45, 7) is 3.19. The standard InChI is InChI=1S/C11H12ClNO4S/c1-11(2,10(14)15)18-6-7-3-4-8(13(16)17)5-9(7)12/h3-5H,6H2,1-2H3,(H,14,15). The van der Waals surface area contributed by atoms with E-state index in [4.69, 9.17) is 16.7 Å². The first kappa shape index (κ1) is 14.8. The Morgan fingerprint density at radius 1 is 1.56 bits per heavy atom. The Morgan fingerprint density at radius 2 is 2.17 bits per heavy atom. The molecule has 0 bridgehead atoms. The van der Waals surface area contributed by atoms with Gasteiger partial charge in [-0.2, -0.15) is 0 Å². The zero-order valence-electron chi connectivity index (χ0n) is 9.84. The van der Waals surface area contributed by atoms with Crippen molar-refractivity contribution < 1.29 is 14.8 Å². The summed E-state index contributed by atoms with van der Waals surface area (Å²) < 4.78 is -0.925. The van der Waals surface area contributed by atoms with Gasteiger partial charge in [-0.1, -0.05) is 11.6 Å². The molecule has 1 N–H and O–H groups in total. The lowest BCUT2D eigenvalue weighted by Gasteiger charge is -2.18. The van der Waals surface area contributed by atoms with E-state index in [2.05, 4.69) is 0 Å². The van der Waals surface area contributed by atoms with E-state index in [1.165, 1.54) is 23.9 Å². The lowest BCUT2D eigenvalue weighted by atomic mass is 10.2. The fourth-order valence-electron chi connectivity index (χ4n) is 1.09. The van der Waals surface area contributed by atoms with E-state index in [1.807, 2.05) is 0 Å². The molecule has 0 fully saturated rings. The molecule has 0 aliphatic heterocycles. The number of thioether (sulfide) groups is 1. The number of carbonyl (C=O) groups is 1. The van der Waals surface area contributed by atoms with Gasteiger partial charge in [0.1, 0.15) is 4.75 Å². The predicted molar refractivity (Wildman–Crippen MR) is 71.1 cm³/mol. The minimum Gasteiger partial charge on any atom is -0.480 e. The molecule has 0 heterocycles. The molecule has 0 aromatic heterocycles. The maximum atomic E-state index is 10.9. The smallest absolute Gasteiger partial charge is 0.319 e. The number of nitro groups is 1. The Balaban J connectivity index is 2.81. The van der Waals surface area contributed by atoms with Gasteiger partial charge in [-0.25, -0.2) is 0 Å². The molecule has 0 saturated carbocycles. The molecule has 0 radical (unpaired) electrons. The highest BCUT2D eigenvalue weighted by Gasteiger charge is 2.27. The van der Waals surface area contributed by atoms with Gasteiger partial charge in [-0.15, -0.1) is 11.8 Å². The summed E-state index contributed by atoms with van der Waals surface area (Å²) in [4.78, 5) is 20.9. The number of nitro benzene ring substituents is 1. The molecule has 7 heteroatoms. The summed E-state index contributed by atoms with van der Waals surface area (Å²) in [5, 5.41) is 19.8. The molecule has 0 atom stereocenters. The summed E-state index contributed by atoms with van der Waals surface area (Å²) in [6.07, 6.45) is 0. The van der Waals surface area contributed by atoms with E-state index in [0.29, 0.717) is 11.3 Å². The second-order valence-corrected chi connectivity index (χ2v) is 6.14. The molecule has 0 saturated heterocycles. The molecule has 0 aliphatic carbocycles. The number of hydrogen-bond acceptors (Lipinski definition) is 4. The number of carboxylic acid groups (broad SMARTS) is 1. The van der Waals surface area contributed by atoms with Crippen LogP contribution in [0.1, 0.15) is 19.4 Å². The second kappa shape index (κ2) is 5.58.